The predicted octanol–water partition coefficient (Wildman–Crippen LogP) is 3.70. The van der Waals surface area contributed by atoms with Crippen LogP contribution in [0.4, 0.5) is 5.69 Å². The molecule has 0 unspecified atom stereocenters. The van der Waals surface area contributed by atoms with Crippen LogP contribution < -0.4 is 14.8 Å². The van der Waals surface area contributed by atoms with Crippen molar-refractivity contribution in [1.82, 2.24) is 0 Å². The Balaban J connectivity index is 1.95. The molecule has 18 heavy (non-hydrogen) atoms. The van der Waals surface area contributed by atoms with Crippen LogP contribution in [0.2, 0.25) is 0 Å². The van der Waals surface area contributed by atoms with Gasteiger partial charge in [-0.3, -0.25) is 0 Å². The molecule has 1 N–H and O–H groups in total. The third kappa shape index (κ3) is 3.31. The molecule has 1 aromatic rings. The van der Waals surface area contributed by atoms with Crippen molar-refractivity contribution in [2.45, 2.75) is 32.1 Å². The number of hydrogen-bond acceptors (Lipinski definition) is 3. The molecule has 3 nitrogen and oxygen atoms in total. The minimum atomic E-state index is 0.811. The predicted molar refractivity (Wildman–Crippen MR) is 74.6 cm³/mol. The molecule has 0 heterocycles. The lowest BCUT2D eigenvalue weighted by Crippen LogP contribution is -2.17. The third-order valence-corrected chi connectivity index (χ3v) is 3.71. The molecule has 1 fully saturated rings. The van der Waals surface area contributed by atoms with Crippen molar-refractivity contribution in [2.75, 3.05) is 26.1 Å². The van der Waals surface area contributed by atoms with Crippen LogP contribution in [0.25, 0.3) is 0 Å². The van der Waals surface area contributed by atoms with Crippen molar-refractivity contribution in [3.63, 3.8) is 0 Å². The van der Waals surface area contributed by atoms with E-state index in [2.05, 4.69) is 5.32 Å². The fourth-order valence-electron chi connectivity index (χ4n) is 2.59. The molecule has 0 bridgehead atoms. The van der Waals surface area contributed by atoms with Gasteiger partial charge >= 0.3 is 0 Å². The molecular weight excluding hydrogens is 226 g/mol. The van der Waals surface area contributed by atoms with E-state index >= 15 is 0 Å². The van der Waals surface area contributed by atoms with Gasteiger partial charge in [0.25, 0.3) is 0 Å². The maximum Gasteiger partial charge on any atom is 0.145 e. The molecule has 1 aromatic carbocycles. The minimum absolute atomic E-state index is 0.811. The average Bonchev–Trinajstić information content (AvgIpc) is 2.46. The molecule has 1 aliphatic rings. The van der Waals surface area contributed by atoms with Crippen molar-refractivity contribution in [2.24, 2.45) is 5.92 Å². The van der Waals surface area contributed by atoms with E-state index in [4.69, 9.17) is 9.47 Å². The Morgan fingerprint density at radius 2 is 1.89 bits per heavy atom. The van der Waals surface area contributed by atoms with Gasteiger partial charge in [0, 0.05) is 12.6 Å². The van der Waals surface area contributed by atoms with E-state index in [9.17, 15) is 0 Å². The molecule has 100 valence electrons. The Labute approximate surface area is 109 Å². The second-order valence-electron chi connectivity index (χ2n) is 4.95. The second-order valence-corrected chi connectivity index (χ2v) is 4.95. The summed E-state index contributed by atoms with van der Waals surface area (Å²) in [6.45, 7) is 1.04. The highest BCUT2D eigenvalue weighted by atomic mass is 16.5. The Bertz CT molecular complexity index is 373. The SMILES string of the molecule is COc1ccc(NCC2CCCCC2)c(OC)c1. The van der Waals surface area contributed by atoms with Gasteiger partial charge in [-0.2, -0.15) is 0 Å². The maximum absolute atomic E-state index is 5.39. The summed E-state index contributed by atoms with van der Waals surface area (Å²) in [6, 6.07) is 5.91. The highest BCUT2D eigenvalue weighted by Gasteiger charge is 2.14. The number of rotatable bonds is 5. The Morgan fingerprint density at radius 3 is 2.56 bits per heavy atom. The van der Waals surface area contributed by atoms with Crippen LogP contribution in [0.3, 0.4) is 0 Å². The van der Waals surface area contributed by atoms with Crippen LogP contribution in [-0.4, -0.2) is 20.8 Å². The number of methoxy groups -OCH3 is 2. The van der Waals surface area contributed by atoms with Gasteiger partial charge in [-0.05, 0) is 30.9 Å². The van der Waals surface area contributed by atoms with E-state index in [0.717, 1.165) is 29.6 Å². The lowest BCUT2D eigenvalue weighted by molar-refractivity contribution is 0.371. The number of anilines is 1. The van der Waals surface area contributed by atoms with E-state index < -0.39 is 0 Å². The van der Waals surface area contributed by atoms with Crippen LogP contribution in [0.15, 0.2) is 18.2 Å². The largest absolute Gasteiger partial charge is 0.497 e. The van der Waals surface area contributed by atoms with Crippen molar-refractivity contribution < 1.29 is 9.47 Å². The summed E-state index contributed by atoms with van der Waals surface area (Å²) in [5.41, 5.74) is 1.06. The van der Waals surface area contributed by atoms with Crippen molar-refractivity contribution >= 4 is 5.69 Å². The van der Waals surface area contributed by atoms with Crippen LogP contribution in [0.1, 0.15) is 32.1 Å². The molecule has 0 aromatic heterocycles. The lowest BCUT2D eigenvalue weighted by atomic mass is 9.89. The number of ether oxygens (including phenoxy) is 2. The van der Waals surface area contributed by atoms with Crippen molar-refractivity contribution in [3.05, 3.63) is 18.2 Å². The topological polar surface area (TPSA) is 30.5 Å². The van der Waals surface area contributed by atoms with Gasteiger partial charge in [-0.25, -0.2) is 0 Å². The minimum Gasteiger partial charge on any atom is -0.497 e. The van der Waals surface area contributed by atoms with Gasteiger partial charge in [0.1, 0.15) is 11.5 Å². The molecule has 0 aliphatic heterocycles. The summed E-state index contributed by atoms with van der Waals surface area (Å²) in [5, 5.41) is 3.50. The number of benzene rings is 1. The highest BCUT2D eigenvalue weighted by Crippen LogP contribution is 2.30. The Morgan fingerprint density at radius 1 is 1.11 bits per heavy atom. The zero-order valence-corrected chi connectivity index (χ0v) is 11.4. The van der Waals surface area contributed by atoms with E-state index in [1.165, 1.54) is 32.1 Å². The van der Waals surface area contributed by atoms with Gasteiger partial charge in [0.15, 0.2) is 0 Å². The van der Waals surface area contributed by atoms with Crippen molar-refractivity contribution in [3.8, 4) is 11.5 Å². The monoisotopic (exact) mass is 249 g/mol. The zero-order valence-electron chi connectivity index (χ0n) is 11.4. The number of hydrogen-bond donors (Lipinski definition) is 1. The summed E-state index contributed by atoms with van der Waals surface area (Å²) < 4.78 is 10.6. The molecule has 1 saturated carbocycles. The molecule has 0 radical (unpaired) electrons. The molecule has 3 heteroatoms. The van der Waals surface area contributed by atoms with Gasteiger partial charge in [-0.15, -0.1) is 0 Å². The summed E-state index contributed by atoms with van der Waals surface area (Å²) >= 11 is 0. The van der Waals surface area contributed by atoms with Gasteiger partial charge in [-0.1, -0.05) is 19.3 Å². The van der Waals surface area contributed by atoms with Gasteiger partial charge in [0.05, 0.1) is 19.9 Å². The van der Waals surface area contributed by atoms with Crippen LogP contribution in [0, 0.1) is 5.92 Å². The van der Waals surface area contributed by atoms with Gasteiger partial charge in [0.2, 0.25) is 0 Å². The molecule has 1 aliphatic carbocycles. The first-order valence-electron chi connectivity index (χ1n) is 6.79. The summed E-state index contributed by atoms with van der Waals surface area (Å²) in [7, 11) is 3.37. The van der Waals surface area contributed by atoms with Gasteiger partial charge < -0.3 is 14.8 Å². The summed E-state index contributed by atoms with van der Waals surface area (Å²) in [6.07, 6.45) is 6.87. The van der Waals surface area contributed by atoms with E-state index in [1.54, 1.807) is 14.2 Å². The quantitative estimate of drug-likeness (QED) is 0.863. The second kappa shape index (κ2) is 6.53. The summed E-state index contributed by atoms with van der Waals surface area (Å²) in [5.74, 6) is 2.49. The van der Waals surface area contributed by atoms with Crippen molar-refractivity contribution in [1.29, 1.82) is 0 Å². The van der Waals surface area contributed by atoms with Crippen LogP contribution >= 0.6 is 0 Å². The fourth-order valence-corrected chi connectivity index (χ4v) is 2.59. The average molecular weight is 249 g/mol. The van der Waals surface area contributed by atoms with Crippen LogP contribution in [-0.2, 0) is 0 Å². The first-order chi connectivity index (χ1) is 8.83. The zero-order chi connectivity index (χ0) is 12.8. The summed E-state index contributed by atoms with van der Waals surface area (Å²) in [4.78, 5) is 0. The highest BCUT2D eigenvalue weighted by molar-refractivity contribution is 5.59. The first-order valence-corrected chi connectivity index (χ1v) is 6.79. The fraction of sp³-hybridized carbons (Fsp3) is 0.600. The van der Waals surface area contributed by atoms with E-state index in [1.807, 2.05) is 18.2 Å². The molecule has 0 spiro atoms. The standard InChI is InChI=1S/C15H23NO2/c1-17-13-8-9-14(15(10-13)18-2)16-11-12-6-4-3-5-7-12/h8-10,12,16H,3-7,11H2,1-2H3. The molecule has 0 saturated heterocycles. The molecular formula is C15H23NO2. The Hall–Kier alpha value is -1.38. The number of nitrogens with one attached hydrogen (secondary N) is 1. The molecule has 2 rings (SSSR count). The van der Waals surface area contributed by atoms with E-state index in [0.29, 0.717) is 0 Å². The molecule has 0 atom stereocenters. The van der Waals surface area contributed by atoms with E-state index in [-0.39, 0.29) is 0 Å². The first kappa shape index (κ1) is 13.1. The lowest BCUT2D eigenvalue weighted by Gasteiger charge is -2.23. The maximum atomic E-state index is 5.39. The van der Waals surface area contributed by atoms with Crippen LogP contribution in [0.5, 0.6) is 11.5 Å². The third-order valence-electron chi connectivity index (χ3n) is 3.71. The normalized spacial score (nSPS) is 16.3. The smallest absolute Gasteiger partial charge is 0.145 e. The Kier molecular flexibility index (Phi) is 4.73. The molecule has 0 amide bonds.